The van der Waals surface area contributed by atoms with Crippen molar-refractivity contribution < 1.29 is 0 Å². The third-order valence-electron chi connectivity index (χ3n) is 2.50. The Morgan fingerprint density at radius 3 is 2.47 bits per heavy atom. The molecule has 0 saturated heterocycles. The third kappa shape index (κ3) is 2.49. The van der Waals surface area contributed by atoms with Crippen molar-refractivity contribution in [2.45, 2.75) is 20.4 Å². The van der Waals surface area contributed by atoms with Crippen molar-refractivity contribution in [2.24, 2.45) is 0 Å². The highest BCUT2D eigenvalue weighted by Gasteiger charge is 2.11. The zero-order valence-electron chi connectivity index (χ0n) is 9.94. The highest BCUT2D eigenvalue weighted by molar-refractivity contribution is 9.10. The Kier molecular flexibility index (Phi) is 3.78. The number of benzene rings is 1. The van der Waals surface area contributed by atoms with Crippen LogP contribution in [-0.4, -0.2) is 21.3 Å². The zero-order chi connectivity index (χ0) is 12.3. The first kappa shape index (κ1) is 12.1. The van der Waals surface area contributed by atoms with E-state index in [2.05, 4.69) is 42.9 Å². The van der Waals surface area contributed by atoms with Crippen molar-refractivity contribution in [3.8, 4) is 11.4 Å². The number of hydrogen-bond acceptors (Lipinski definition) is 3. The number of nitrogens with zero attached hydrogens (tertiary/aromatic N) is 3. The van der Waals surface area contributed by atoms with Crippen molar-refractivity contribution in [3.05, 3.63) is 28.7 Å². The molecule has 0 atom stereocenters. The minimum Gasteiger partial charge on any atom is -0.355 e. The highest BCUT2D eigenvalue weighted by atomic mass is 79.9. The summed E-state index contributed by atoms with van der Waals surface area (Å²) in [5, 5.41) is 11.6. The fraction of sp³-hybridized carbons (Fsp3) is 0.333. The summed E-state index contributed by atoms with van der Waals surface area (Å²) in [6.45, 7) is 5.83. The fourth-order valence-electron chi connectivity index (χ4n) is 1.70. The van der Waals surface area contributed by atoms with E-state index in [-0.39, 0.29) is 0 Å². The van der Waals surface area contributed by atoms with E-state index in [1.165, 1.54) is 0 Å². The van der Waals surface area contributed by atoms with E-state index < -0.39 is 0 Å². The zero-order valence-corrected chi connectivity index (χ0v) is 11.5. The number of hydrogen-bond donors (Lipinski definition) is 1. The van der Waals surface area contributed by atoms with Crippen molar-refractivity contribution in [2.75, 3.05) is 11.9 Å². The smallest absolute Gasteiger partial charge is 0.224 e. The van der Waals surface area contributed by atoms with Crippen molar-refractivity contribution in [1.29, 1.82) is 0 Å². The number of nitrogens with one attached hydrogen (secondary N) is 1. The molecule has 0 aliphatic heterocycles. The molecular formula is C12H15BrN4. The van der Waals surface area contributed by atoms with Gasteiger partial charge in [0, 0.05) is 23.1 Å². The van der Waals surface area contributed by atoms with Crippen LogP contribution >= 0.6 is 15.9 Å². The van der Waals surface area contributed by atoms with Gasteiger partial charge in [-0.25, -0.2) is 0 Å². The van der Waals surface area contributed by atoms with Gasteiger partial charge in [0.25, 0.3) is 0 Å². The molecular weight excluding hydrogens is 280 g/mol. The van der Waals surface area contributed by atoms with E-state index in [1.54, 1.807) is 0 Å². The molecule has 1 heterocycles. The lowest BCUT2D eigenvalue weighted by Crippen LogP contribution is -2.06. The van der Waals surface area contributed by atoms with Crippen LogP contribution in [0, 0.1) is 0 Å². The Bertz CT molecular complexity index is 490. The molecule has 1 aromatic carbocycles. The Morgan fingerprint density at radius 1 is 1.18 bits per heavy atom. The molecule has 0 unspecified atom stereocenters. The minimum atomic E-state index is 0.827. The van der Waals surface area contributed by atoms with Crippen LogP contribution in [0.3, 0.4) is 0 Å². The van der Waals surface area contributed by atoms with Gasteiger partial charge in [-0.1, -0.05) is 28.1 Å². The molecule has 0 bridgehead atoms. The van der Waals surface area contributed by atoms with E-state index in [4.69, 9.17) is 0 Å². The van der Waals surface area contributed by atoms with Crippen LogP contribution in [0.2, 0.25) is 0 Å². The Hall–Kier alpha value is -1.36. The molecule has 0 saturated carbocycles. The molecule has 0 aliphatic carbocycles. The lowest BCUT2D eigenvalue weighted by molar-refractivity contribution is 0.770. The SMILES string of the molecule is CCNc1nnc(-c2ccc(Br)cc2)n1CC. The molecule has 2 aromatic rings. The second kappa shape index (κ2) is 5.31. The van der Waals surface area contributed by atoms with Gasteiger partial charge in [-0.15, -0.1) is 10.2 Å². The summed E-state index contributed by atoms with van der Waals surface area (Å²) in [6.07, 6.45) is 0. The molecule has 4 nitrogen and oxygen atoms in total. The number of anilines is 1. The summed E-state index contributed by atoms with van der Waals surface area (Å²) in [4.78, 5) is 0. The average molecular weight is 295 g/mol. The van der Waals surface area contributed by atoms with E-state index >= 15 is 0 Å². The van der Waals surface area contributed by atoms with Gasteiger partial charge in [-0.05, 0) is 26.0 Å². The van der Waals surface area contributed by atoms with Crippen LogP contribution in [0.15, 0.2) is 28.7 Å². The molecule has 1 N–H and O–H groups in total. The van der Waals surface area contributed by atoms with Gasteiger partial charge in [0.2, 0.25) is 5.95 Å². The molecule has 0 fully saturated rings. The van der Waals surface area contributed by atoms with E-state index in [0.29, 0.717) is 0 Å². The summed E-state index contributed by atoms with van der Waals surface area (Å²) in [7, 11) is 0. The molecule has 17 heavy (non-hydrogen) atoms. The normalized spacial score (nSPS) is 10.5. The van der Waals surface area contributed by atoms with Gasteiger partial charge in [-0.3, -0.25) is 4.57 Å². The predicted octanol–water partition coefficient (Wildman–Crippen LogP) is 3.16. The summed E-state index contributed by atoms with van der Waals surface area (Å²) in [5.74, 6) is 1.73. The van der Waals surface area contributed by atoms with Crippen LogP contribution in [0.4, 0.5) is 5.95 Å². The Labute approximate surface area is 109 Å². The molecule has 90 valence electrons. The second-order valence-electron chi connectivity index (χ2n) is 3.63. The molecule has 5 heteroatoms. The first-order chi connectivity index (χ1) is 8.26. The number of aromatic nitrogens is 3. The van der Waals surface area contributed by atoms with Gasteiger partial charge in [-0.2, -0.15) is 0 Å². The standard InChI is InChI=1S/C12H15BrN4/c1-3-14-12-16-15-11(17(12)4-2)9-5-7-10(13)8-6-9/h5-8H,3-4H2,1-2H3,(H,14,16). The number of rotatable bonds is 4. The lowest BCUT2D eigenvalue weighted by atomic mass is 10.2. The van der Waals surface area contributed by atoms with E-state index in [1.807, 2.05) is 31.2 Å². The maximum atomic E-state index is 4.24. The summed E-state index contributed by atoms with van der Waals surface area (Å²) < 4.78 is 3.14. The summed E-state index contributed by atoms with van der Waals surface area (Å²) >= 11 is 3.43. The van der Waals surface area contributed by atoms with Gasteiger partial charge < -0.3 is 5.32 Å². The van der Waals surface area contributed by atoms with Crippen LogP contribution in [0.5, 0.6) is 0 Å². The summed E-state index contributed by atoms with van der Waals surface area (Å²) in [6, 6.07) is 8.10. The Morgan fingerprint density at radius 2 is 1.88 bits per heavy atom. The maximum Gasteiger partial charge on any atom is 0.224 e. The molecule has 0 spiro atoms. The summed E-state index contributed by atoms with van der Waals surface area (Å²) in [5.41, 5.74) is 1.08. The van der Waals surface area contributed by atoms with Gasteiger partial charge in [0.05, 0.1) is 0 Å². The predicted molar refractivity (Wildman–Crippen MR) is 73.0 cm³/mol. The van der Waals surface area contributed by atoms with Crippen LogP contribution in [0.25, 0.3) is 11.4 Å². The van der Waals surface area contributed by atoms with Crippen LogP contribution in [-0.2, 0) is 6.54 Å². The third-order valence-corrected chi connectivity index (χ3v) is 3.03. The monoisotopic (exact) mass is 294 g/mol. The Balaban J connectivity index is 2.41. The van der Waals surface area contributed by atoms with Crippen LogP contribution < -0.4 is 5.32 Å². The maximum absolute atomic E-state index is 4.24. The van der Waals surface area contributed by atoms with Crippen molar-refractivity contribution in [3.63, 3.8) is 0 Å². The van der Waals surface area contributed by atoms with Crippen molar-refractivity contribution >= 4 is 21.9 Å². The largest absolute Gasteiger partial charge is 0.355 e. The van der Waals surface area contributed by atoms with Gasteiger partial charge in [0.1, 0.15) is 0 Å². The van der Waals surface area contributed by atoms with Gasteiger partial charge in [0.15, 0.2) is 5.82 Å². The molecule has 2 rings (SSSR count). The first-order valence-corrected chi connectivity index (χ1v) is 6.48. The van der Waals surface area contributed by atoms with E-state index in [9.17, 15) is 0 Å². The molecule has 1 aromatic heterocycles. The molecule has 0 amide bonds. The molecule has 0 aliphatic rings. The minimum absolute atomic E-state index is 0.827. The second-order valence-corrected chi connectivity index (χ2v) is 4.54. The first-order valence-electron chi connectivity index (χ1n) is 5.69. The van der Waals surface area contributed by atoms with Crippen LogP contribution in [0.1, 0.15) is 13.8 Å². The quantitative estimate of drug-likeness (QED) is 0.942. The molecule has 0 radical (unpaired) electrons. The highest BCUT2D eigenvalue weighted by Crippen LogP contribution is 2.22. The van der Waals surface area contributed by atoms with Gasteiger partial charge >= 0.3 is 0 Å². The number of halogens is 1. The topological polar surface area (TPSA) is 42.7 Å². The fourth-order valence-corrected chi connectivity index (χ4v) is 1.97. The lowest BCUT2D eigenvalue weighted by Gasteiger charge is -2.07. The average Bonchev–Trinajstić information content (AvgIpc) is 2.73. The van der Waals surface area contributed by atoms with Crippen molar-refractivity contribution in [1.82, 2.24) is 14.8 Å². The van der Waals surface area contributed by atoms with E-state index in [0.717, 1.165) is 34.9 Å².